The van der Waals surface area contributed by atoms with Crippen molar-refractivity contribution in [2.75, 3.05) is 13.1 Å². The summed E-state index contributed by atoms with van der Waals surface area (Å²) in [7, 11) is 0. The fourth-order valence-electron chi connectivity index (χ4n) is 4.06. The number of hydrogen-bond donors (Lipinski definition) is 1. The Labute approximate surface area is 146 Å². The van der Waals surface area contributed by atoms with Gasteiger partial charge in [0.1, 0.15) is 9.88 Å². The van der Waals surface area contributed by atoms with Crippen LogP contribution < -0.4 is 5.32 Å². The van der Waals surface area contributed by atoms with Crippen LogP contribution in [0.15, 0.2) is 30.5 Å². The van der Waals surface area contributed by atoms with Gasteiger partial charge in [-0.05, 0) is 51.8 Å². The van der Waals surface area contributed by atoms with Crippen LogP contribution >= 0.6 is 11.3 Å². The monoisotopic (exact) mass is 341 g/mol. The summed E-state index contributed by atoms with van der Waals surface area (Å²) in [5, 5.41) is 4.19. The molecule has 4 nitrogen and oxygen atoms in total. The minimum atomic E-state index is 0.0250. The molecule has 2 bridgehead atoms. The largest absolute Gasteiger partial charge is 0.347 e. The first kappa shape index (κ1) is 15.8. The second-order valence-corrected chi connectivity index (χ2v) is 8.04. The molecule has 126 valence electrons. The summed E-state index contributed by atoms with van der Waals surface area (Å²) in [5.41, 5.74) is 2.28. The van der Waals surface area contributed by atoms with E-state index in [9.17, 15) is 4.79 Å². The topological polar surface area (TPSA) is 45.2 Å². The summed E-state index contributed by atoms with van der Waals surface area (Å²) in [5.74, 6) is 0.648. The van der Waals surface area contributed by atoms with Crippen LogP contribution in [0.3, 0.4) is 0 Å². The molecule has 0 aliphatic carbocycles. The van der Waals surface area contributed by atoms with Gasteiger partial charge in [-0.1, -0.05) is 23.8 Å². The number of carbonyl (C=O) groups excluding carboxylic acids is 1. The van der Waals surface area contributed by atoms with Crippen LogP contribution in [0.5, 0.6) is 0 Å². The third kappa shape index (κ3) is 2.87. The predicted octanol–water partition coefficient (Wildman–Crippen LogP) is 3.33. The molecule has 2 aromatic rings. The molecular weight excluding hydrogens is 318 g/mol. The van der Waals surface area contributed by atoms with Crippen LogP contribution in [0, 0.1) is 12.8 Å². The van der Waals surface area contributed by atoms with E-state index in [4.69, 9.17) is 0 Å². The van der Waals surface area contributed by atoms with E-state index >= 15 is 0 Å². The van der Waals surface area contributed by atoms with Gasteiger partial charge in [0.05, 0.1) is 6.20 Å². The molecule has 3 aliphatic rings. The van der Waals surface area contributed by atoms with Gasteiger partial charge in [0, 0.05) is 17.6 Å². The Morgan fingerprint density at radius 1 is 1.33 bits per heavy atom. The van der Waals surface area contributed by atoms with E-state index in [-0.39, 0.29) is 11.9 Å². The van der Waals surface area contributed by atoms with Gasteiger partial charge in [-0.25, -0.2) is 4.98 Å². The highest BCUT2D eigenvalue weighted by atomic mass is 32.1. The first-order valence-electron chi connectivity index (χ1n) is 8.69. The molecule has 2 atom stereocenters. The fourth-order valence-corrected chi connectivity index (χ4v) is 4.87. The zero-order valence-corrected chi connectivity index (χ0v) is 15.0. The summed E-state index contributed by atoms with van der Waals surface area (Å²) in [6, 6.07) is 8.95. The number of thiazole rings is 1. The molecule has 3 aliphatic heterocycles. The number of fused-ring (bicyclic) bond motifs is 3. The SMILES string of the molecule is Cc1cccc(-c2ncc(C(=O)N[C@@H]3C4CCN(CC4)[C@H]3C)s2)c1. The summed E-state index contributed by atoms with van der Waals surface area (Å²) in [4.78, 5) is 20.3. The lowest BCUT2D eigenvalue weighted by Crippen LogP contribution is -2.62. The smallest absolute Gasteiger partial charge is 0.263 e. The number of benzene rings is 1. The molecule has 0 radical (unpaired) electrons. The van der Waals surface area contributed by atoms with Crippen molar-refractivity contribution in [3.63, 3.8) is 0 Å². The van der Waals surface area contributed by atoms with Gasteiger partial charge in [-0.15, -0.1) is 11.3 Å². The van der Waals surface area contributed by atoms with E-state index in [0.717, 1.165) is 10.6 Å². The zero-order valence-electron chi connectivity index (χ0n) is 14.2. The molecule has 1 aromatic heterocycles. The maximum absolute atomic E-state index is 12.7. The van der Waals surface area contributed by atoms with Gasteiger partial charge in [0.2, 0.25) is 0 Å². The number of rotatable bonds is 3. The van der Waals surface area contributed by atoms with Crippen molar-refractivity contribution in [1.29, 1.82) is 0 Å². The van der Waals surface area contributed by atoms with E-state index in [1.165, 1.54) is 42.8 Å². The van der Waals surface area contributed by atoms with Crippen molar-refractivity contribution in [2.45, 2.75) is 38.8 Å². The molecule has 0 spiro atoms. The fraction of sp³-hybridized carbons (Fsp3) is 0.474. The normalized spacial score (nSPS) is 28.8. The Morgan fingerprint density at radius 2 is 2.12 bits per heavy atom. The molecule has 3 saturated heterocycles. The highest BCUT2D eigenvalue weighted by Gasteiger charge is 2.40. The van der Waals surface area contributed by atoms with Crippen molar-refractivity contribution in [3.8, 4) is 10.6 Å². The van der Waals surface area contributed by atoms with Crippen LogP contribution in [0.1, 0.15) is 35.0 Å². The lowest BCUT2D eigenvalue weighted by atomic mass is 9.79. The average Bonchev–Trinajstić information content (AvgIpc) is 3.09. The van der Waals surface area contributed by atoms with Gasteiger partial charge in [-0.3, -0.25) is 9.69 Å². The maximum Gasteiger partial charge on any atom is 0.263 e. The van der Waals surface area contributed by atoms with Gasteiger partial charge in [0.25, 0.3) is 5.91 Å². The van der Waals surface area contributed by atoms with Crippen LogP contribution in [0.4, 0.5) is 0 Å². The van der Waals surface area contributed by atoms with Gasteiger partial charge < -0.3 is 5.32 Å². The summed E-state index contributed by atoms with van der Waals surface area (Å²) >= 11 is 1.48. The van der Waals surface area contributed by atoms with E-state index < -0.39 is 0 Å². The van der Waals surface area contributed by atoms with Gasteiger partial charge in [-0.2, -0.15) is 0 Å². The van der Waals surface area contributed by atoms with Crippen molar-refractivity contribution in [1.82, 2.24) is 15.2 Å². The van der Waals surface area contributed by atoms with E-state index in [0.29, 0.717) is 16.8 Å². The molecule has 3 fully saturated rings. The maximum atomic E-state index is 12.7. The van der Waals surface area contributed by atoms with Crippen LogP contribution in [-0.2, 0) is 0 Å². The minimum absolute atomic E-state index is 0.0250. The number of aromatic nitrogens is 1. The van der Waals surface area contributed by atoms with Crippen LogP contribution in [0.2, 0.25) is 0 Å². The van der Waals surface area contributed by atoms with Crippen LogP contribution in [-0.4, -0.2) is 41.0 Å². The van der Waals surface area contributed by atoms with Crippen molar-refractivity contribution in [3.05, 3.63) is 40.9 Å². The summed E-state index contributed by atoms with van der Waals surface area (Å²) < 4.78 is 0. The van der Waals surface area contributed by atoms with Gasteiger partial charge >= 0.3 is 0 Å². The number of nitrogens with one attached hydrogen (secondary N) is 1. The lowest BCUT2D eigenvalue weighted by molar-refractivity contribution is 0.0218. The number of piperidine rings is 3. The number of hydrogen-bond acceptors (Lipinski definition) is 4. The second kappa shape index (κ2) is 6.30. The van der Waals surface area contributed by atoms with E-state index in [1.807, 2.05) is 12.1 Å². The average molecular weight is 341 g/mol. The summed E-state index contributed by atoms with van der Waals surface area (Å²) in [6.07, 6.45) is 4.11. The number of aryl methyl sites for hydroxylation is 1. The van der Waals surface area contributed by atoms with Crippen molar-refractivity contribution < 1.29 is 4.79 Å². The molecular formula is C19H23N3OS. The molecule has 0 saturated carbocycles. The third-order valence-electron chi connectivity index (χ3n) is 5.47. The van der Waals surface area contributed by atoms with Crippen LogP contribution in [0.25, 0.3) is 10.6 Å². The first-order chi connectivity index (χ1) is 11.6. The molecule has 4 heterocycles. The van der Waals surface area contributed by atoms with Crippen molar-refractivity contribution in [2.24, 2.45) is 5.92 Å². The number of carbonyl (C=O) groups is 1. The lowest BCUT2D eigenvalue weighted by Gasteiger charge is -2.49. The molecule has 5 rings (SSSR count). The second-order valence-electron chi connectivity index (χ2n) is 7.01. The molecule has 5 heteroatoms. The Balaban J connectivity index is 1.49. The van der Waals surface area contributed by atoms with Crippen molar-refractivity contribution >= 4 is 17.2 Å². The highest BCUT2D eigenvalue weighted by Crippen LogP contribution is 2.33. The minimum Gasteiger partial charge on any atom is -0.347 e. The molecule has 1 amide bonds. The highest BCUT2D eigenvalue weighted by molar-refractivity contribution is 7.16. The summed E-state index contributed by atoms with van der Waals surface area (Å²) in [6.45, 7) is 6.66. The Morgan fingerprint density at radius 3 is 2.83 bits per heavy atom. The Kier molecular flexibility index (Phi) is 4.14. The molecule has 1 aromatic carbocycles. The Bertz CT molecular complexity index is 747. The molecule has 24 heavy (non-hydrogen) atoms. The quantitative estimate of drug-likeness (QED) is 0.931. The Hall–Kier alpha value is -1.72. The third-order valence-corrected chi connectivity index (χ3v) is 6.52. The van der Waals surface area contributed by atoms with Gasteiger partial charge in [0.15, 0.2) is 0 Å². The zero-order chi connectivity index (χ0) is 16.7. The van der Waals surface area contributed by atoms with E-state index in [1.54, 1.807) is 6.20 Å². The first-order valence-corrected chi connectivity index (χ1v) is 9.51. The van der Waals surface area contributed by atoms with E-state index in [2.05, 4.69) is 41.2 Å². The standard InChI is InChI=1S/C19H23N3OS/c1-12-4-3-5-15(10-12)19-20-11-16(24-19)18(23)21-17-13(2)22-8-6-14(17)7-9-22/h3-5,10-11,13-14,17H,6-9H2,1-2H3,(H,21,23)/t13-,17-/m0/s1. The number of nitrogens with zero attached hydrogens (tertiary/aromatic N) is 2. The molecule has 0 unspecified atom stereocenters. The predicted molar refractivity (Wildman–Crippen MR) is 97.3 cm³/mol. The molecule has 1 N–H and O–H groups in total. The number of amides is 1.